The van der Waals surface area contributed by atoms with Crippen molar-refractivity contribution in [3.8, 4) is 0 Å². The molecule has 0 aliphatic carbocycles. The highest BCUT2D eigenvalue weighted by Gasteiger charge is 2.09. The van der Waals surface area contributed by atoms with Crippen LogP contribution in [0.15, 0.2) is 29.4 Å². The van der Waals surface area contributed by atoms with E-state index in [1.165, 1.54) is 0 Å². The van der Waals surface area contributed by atoms with Crippen molar-refractivity contribution in [1.29, 1.82) is 0 Å². The van der Waals surface area contributed by atoms with Crippen LogP contribution < -0.4 is 0 Å². The predicted molar refractivity (Wildman–Crippen MR) is 64.4 cm³/mol. The Morgan fingerprint density at radius 3 is 2.56 bits per heavy atom. The van der Waals surface area contributed by atoms with E-state index in [4.69, 9.17) is 0 Å². The van der Waals surface area contributed by atoms with Crippen LogP contribution in [0.2, 0.25) is 0 Å². The molecule has 1 rings (SSSR count). The molecule has 1 aromatic rings. The van der Waals surface area contributed by atoms with Gasteiger partial charge in [-0.2, -0.15) is 4.91 Å². The largest absolute Gasteiger partial charge is 0.303 e. The van der Waals surface area contributed by atoms with Gasteiger partial charge in [0.1, 0.15) is 6.29 Å². The van der Waals surface area contributed by atoms with E-state index >= 15 is 0 Å². The van der Waals surface area contributed by atoms with Crippen molar-refractivity contribution in [1.82, 2.24) is 0 Å². The van der Waals surface area contributed by atoms with Gasteiger partial charge in [0.15, 0.2) is 0 Å². The van der Waals surface area contributed by atoms with E-state index in [0.717, 1.165) is 30.3 Å². The SMILES string of the molecule is CCC(Cc1ccccc1CCC=O)N=O. The van der Waals surface area contributed by atoms with Crippen molar-refractivity contribution in [2.45, 2.75) is 38.6 Å². The highest BCUT2D eigenvalue weighted by molar-refractivity contribution is 5.50. The molecule has 0 bridgehead atoms. The van der Waals surface area contributed by atoms with Crippen LogP contribution in [0.1, 0.15) is 30.9 Å². The van der Waals surface area contributed by atoms with Crippen LogP contribution in [-0.4, -0.2) is 12.3 Å². The van der Waals surface area contributed by atoms with Crippen LogP contribution in [0, 0.1) is 4.91 Å². The molecule has 0 saturated heterocycles. The summed E-state index contributed by atoms with van der Waals surface area (Å²) >= 11 is 0. The third kappa shape index (κ3) is 3.57. The van der Waals surface area contributed by atoms with Gasteiger partial charge in [-0.1, -0.05) is 36.4 Å². The van der Waals surface area contributed by atoms with Crippen molar-refractivity contribution in [2.75, 3.05) is 0 Å². The third-order valence-corrected chi connectivity index (χ3v) is 2.73. The number of benzene rings is 1. The first-order valence-electron chi connectivity index (χ1n) is 5.64. The lowest BCUT2D eigenvalue weighted by molar-refractivity contribution is -0.107. The average Bonchev–Trinajstić information content (AvgIpc) is 2.34. The average molecular weight is 219 g/mol. The molecular weight excluding hydrogens is 202 g/mol. The van der Waals surface area contributed by atoms with E-state index in [0.29, 0.717) is 12.8 Å². The highest BCUT2D eigenvalue weighted by Crippen LogP contribution is 2.15. The second-order valence-electron chi connectivity index (χ2n) is 3.85. The first kappa shape index (κ1) is 12.6. The van der Waals surface area contributed by atoms with Gasteiger partial charge in [0.05, 0.1) is 6.04 Å². The quantitative estimate of drug-likeness (QED) is 0.523. The zero-order valence-corrected chi connectivity index (χ0v) is 9.56. The predicted octanol–water partition coefficient (Wildman–Crippen LogP) is 2.91. The topological polar surface area (TPSA) is 46.5 Å². The fourth-order valence-corrected chi connectivity index (χ4v) is 1.72. The number of hydrogen-bond donors (Lipinski definition) is 0. The van der Waals surface area contributed by atoms with Crippen LogP contribution >= 0.6 is 0 Å². The molecule has 86 valence electrons. The number of carbonyl (C=O) groups is 1. The summed E-state index contributed by atoms with van der Waals surface area (Å²) in [6.45, 7) is 1.96. The molecule has 0 saturated carbocycles. The van der Waals surface area contributed by atoms with E-state index < -0.39 is 0 Å². The second-order valence-corrected chi connectivity index (χ2v) is 3.85. The molecule has 0 fully saturated rings. The van der Waals surface area contributed by atoms with Crippen LogP contribution in [0.3, 0.4) is 0 Å². The van der Waals surface area contributed by atoms with Gasteiger partial charge >= 0.3 is 0 Å². The Morgan fingerprint density at radius 2 is 2.00 bits per heavy atom. The molecule has 3 heteroatoms. The van der Waals surface area contributed by atoms with Crippen LogP contribution in [0.4, 0.5) is 0 Å². The summed E-state index contributed by atoms with van der Waals surface area (Å²) < 4.78 is 0. The summed E-state index contributed by atoms with van der Waals surface area (Å²) in [5, 5.41) is 3.10. The third-order valence-electron chi connectivity index (χ3n) is 2.73. The van der Waals surface area contributed by atoms with Gasteiger partial charge in [-0.3, -0.25) is 0 Å². The van der Waals surface area contributed by atoms with Crippen LogP contribution in [0.5, 0.6) is 0 Å². The van der Waals surface area contributed by atoms with Gasteiger partial charge < -0.3 is 4.79 Å². The maximum absolute atomic E-state index is 10.6. The molecule has 0 aliphatic rings. The Kier molecular flexibility index (Phi) is 5.40. The van der Waals surface area contributed by atoms with E-state index in [1.807, 2.05) is 31.2 Å². The second kappa shape index (κ2) is 6.88. The Hall–Kier alpha value is -1.51. The van der Waals surface area contributed by atoms with E-state index in [-0.39, 0.29) is 6.04 Å². The lowest BCUT2D eigenvalue weighted by Gasteiger charge is -2.10. The summed E-state index contributed by atoms with van der Waals surface area (Å²) in [7, 11) is 0. The van der Waals surface area contributed by atoms with Gasteiger partial charge in [0.25, 0.3) is 0 Å². The highest BCUT2D eigenvalue weighted by atomic mass is 16.3. The Morgan fingerprint density at radius 1 is 1.31 bits per heavy atom. The summed E-state index contributed by atoms with van der Waals surface area (Å²) in [4.78, 5) is 20.9. The Balaban J connectivity index is 2.76. The number of aldehydes is 1. The zero-order chi connectivity index (χ0) is 11.8. The zero-order valence-electron chi connectivity index (χ0n) is 9.56. The number of hydrogen-bond acceptors (Lipinski definition) is 3. The van der Waals surface area contributed by atoms with Crippen LogP contribution in [0.25, 0.3) is 0 Å². The standard InChI is InChI=1S/C13H17NO2/c1-2-13(14-16)10-12-7-4-3-6-11(12)8-5-9-15/h3-4,6-7,9,13H,2,5,8,10H2,1H3. The molecule has 0 N–H and O–H groups in total. The molecule has 3 nitrogen and oxygen atoms in total. The molecular formula is C13H17NO2. The summed E-state index contributed by atoms with van der Waals surface area (Å²) in [5.74, 6) is 0. The lowest BCUT2D eigenvalue weighted by Crippen LogP contribution is -2.08. The van der Waals surface area contributed by atoms with Gasteiger partial charge in [0.2, 0.25) is 0 Å². The van der Waals surface area contributed by atoms with Crippen LogP contribution in [-0.2, 0) is 17.6 Å². The van der Waals surface area contributed by atoms with Gasteiger partial charge in [-0.05, 0) is 30.4 Å². The summed E-state index contributed by atoms with van der Waals surface area (Å²) in [6, 6.07) is 7.78. The maximum atomic E-state index is 10.6. The lowest BCUT2D eigenvalue weighted by atomic mass is 9.97. The van der Waals surface area contributed by atoms with Crippen molar-refractivity contribution in [2.24, 2.45) is 5.18 Å². The molecule has 0 spiro atoms. The number of nitrogens with zero attached hydrogens (tertiary/aromatic N) is 1. The normalized spacial score (nSPS) is 12.1. The molecule has 0 aliphatic heterocycles. The molecule has 1 unspecified atom stereocenters. The molecule has 16 heavy (non-hydrogen) atoms. The first-order chi connectivity index (χ1) is 7.81. The number of nitroso groups, excluding NO2 is 1. The monoisotopic (exact) mass is 219 g/mol. The number of rotatable bonds is 7. The molecule has 1 aromatic carbocycles. The minimum Gasteiger partial charge on any atom is -0.303 e. The first-order valence-corrected chi connectivity index (χ1v) is 5.64. The summed E-state index contributed by atoms with van der Waals surface area (Å²) in [5.41, 5.74) is 2.28. The van der Waals surface area contributed by atoms with Gasteiger partial charge in [0, 0.05) is 6.42 Å². The smallest absolute Gasteiger partial charge is 0.120 e. The van der Waals surface area contributed by atoms with Crippen molar-refractivity contribution in [3.05, 3.63) is 40.3 Å². The van der Waals surface area contributed by atoms with Crippen molar-refractivity contribution in [3.63, 3.8) is 0 Å². The van der Waals surface area contributed by atoms with Gasteiger partial charge in [-0.15, -0.1) is 0 Å². The molecule has 0 radical (unpaired) electrons. The fourth-order valence-electron chi connectivity index (χ4n) is 1.72. The van der Waals surface area contributed by atoms with Gasteiger partial charge in [-0.25, -0.2) is 0 Å². The minimum absolute atomic E-state index is 0.155. The molecule has 0 aromatic heterocycles. The molecule has 1 atom stereocenters. The minimum atomic E-state index is -0.155. The van der Waals surface area contributed by atoms with E-state index in [2.05, 4.69) is 5.18 Å². The number of carbonyl (C=O) groups excluding carboxylic acids is 1. The molecule has 0 heterocycles. The van der Waals surface area contributed by atoms with E-state index in [1.54, 1.807) is 0 Å². The Bertz CT molecular complexity index is 350. The molecule has 0 amide bonds. The van der Waals surface area contributed by atoms with Crippen molar-refractivity contribution >= 4 is 6.29 Å². The number of aryl methyl sites for hydroxylation is 1. The maximum Gasteiger partial charge on any atom is 0.120 e. The van der Waals surface area contributed by atoms with E-state index in [9.17, 15) is 9.70 Å². The van der Waals surface area contributed by atoms with Crippen molar-refractivity contribution < 1.29 is 4.79 Å². The fraction of sp³-hybridized carbons (Fsp3) is 0.462. The Labute approximate surface area is 95.8 Å². The summed E-state index contributed by atoms with van der Waals surface area (Å²) in [6.07, 6.45) is 3.63.